The van der Waals surface area contributed by atoms with Gasteiger partial charge in [0, 0.05) is 70.5 Å². The van der Waals surface area contributed by atoms with E-state index in [9.17, 15) is 4.79 Å². The number of rotatable bonds is 10. The lowest BCUT2D eigenvalue weighted by atomic mass is 9.77. The molecule has 2 atom stereocenters. The lowest BCUT2D eigenvalue weighted by Crippen LogP contribution is -2.47. The third kappa shape index (κ3) is 7.60. The highest BCUT2D eigenvalue weighted by Crippen LogP contribution is 2.34. The number of hydrogen-bond donors (Lipinski definition) is 1. The van der Waals surface area contributed by atoms with Crippen molar-refractivity contribution in [2.45, 2.75) is 90.8 Å². The van der Waals surface area contributed by atoms with Crippen molar-refractivity contribution in [1.82, 2.24) is 14.7 Å². The molecule has 208 valence electrons. The van der Waals surface area contributed by atoms with Gasteiger partial charge in [-0.3, -0.25) is 14.6 Å². The summed E-state index contributed by atoms with van der Waals surface area (Å²) in [6.07, 6.45) is 3.54. The van der Waals surface area contributed by atoms with Gasteiger partial charge in [0.15, 0.2) is 0 Å². The largest absolute Gasteiger partial charge is 0.381 e. The number of anilines is 1. The first-order valence-corrected chi connectivity index (χ1v) is 14.8. The molecule has 1 amide bonds. The minimum absolute atomic E-state index is 0.123. The molecular weight excluding hydrogens is 468 g/mol. The van der Waals surface area contributed by atoms with Crippen LogP contribution in [-0.4, -0.2) is 72.0 Å². The molecule has 0 aromatic heterocycles. The lowest BCUT2D eigenvalue weighted by molar-refractivity contribution is -0.130. The molecule has 2 aromatic rings. The van der Waals surface area contributed by atoms with Gasteiger partial charge < -0.3 is 10.2 Å². The van der Waals surface area contributed by atoms with Crippen LogP contribution in [0.2, 0.25) is 0 Å². The Hall–Kier alpha value is -2.37. The molecule has 0 aliphatic carbocycles. The van der Waals surface area contributed by atoms with E-state index >= 15 is 0 Å². The maximum Gasteiger partial charge on any atom is 0.219 e. The number of carbonyl (C=O) groups is 1. The van der Waals surface area contributed by atoms with Crippen LogP contribution in [0.15, 0.2) is 48.5 Å². The van der Waals surface area contributed by atoms with Crippen LogP contribution in [0.25, 0.3) is 0 Å². The molecule has 0 saturated carbocycles. The summed E-state index contributed by atoms with van der Waals surface area (Å²) in [6.45, 7) is 20.3. The summed E-state index contributed by atoms with van der Waals surface area (Å²) in [4.78, 5) is 18.6. The highest BCUT2D eigenvalue weighted by atomic mass is 16.2. The Labute approximate surface area is 231 Å². The van der Waals surface area contributed by atoms with E-state index in [0.717, 1.165) is 52.1 Å². The molecular formula is C33H50N4O. The maximum absolute atomic E-state index is 11.6. The molecule has 2 fully saturated rings. The predicted molar refractivity (Wildman–Crippen MR) is 160 cm³/mol. The fourth-order valence-corrected chi connectivity index (χ4v) is 6.00. The van der Waals surface area contributed by atoms with Crippen molar-refractivity contribution < 1.29 is 4.79 Å². The van der Waals surface area contributed by atoms with E-state index in [1.165, 1.54) is 35.3 Å². The number of hydrogen-bond acceptors (Lipinski definition) is 4. The van der Waals surface area contributed by atoms with E-state index in [0.29, 0.717) is 18.0 Å². The third-order valence-corrected chi connectivity index (χ3v) is 8.91. The highest BCUT2D eigenvalue weighted by Gasteiger charge is 2.25. The molecule has 2 aromatic carbocycles. The number of nitrogens with zero attached hydrogens (tertiary/aromatic N) is 3. The molecule has 2 heterocycles. The van der Waals surface area contributed by atoms with E-state index in [2.05, 4.69) is 98.3 Å². The van der Waals surface area contributed by atoms with E-state index < -0.39 is 0 Å². The molecule has 2 aliphatic rings. The predicted octanol–water partition coefficient (Wildman–Crippen LogP) is 6.11. The van der Waals surface area contributed by atoms with Gasteiger partial charge in [0.05, 0.1) is 0 Å². The van der Waals surface area contributed by atoms with Crippen molar-refractivity contribution in [1.29, 1.82) is 0 Å². The van der Waals surface area contributed by atoms with Crippen LogP contribution in [-0.2, 0) is 16.8 Å². The minimum atomic E-state index is 0.123. The van der Waals surface area contributed by atoms with Crippen LogP contribution >= 0.6 is 0 Å². The minimum Gasteiger partial charge on any atom is -0.381 e. The zero-order chi connectivity index (χ0) is 27.3. The summed E-state index contributed by atoms with van der Waals surface area (Å²) in [5, 5.41) is 3.80. The second kappa shape index (κ2) is 12.7. The van der Waals surface area contributed by atoms with Crippen molar-refractivity contribution in [3.8, 4) is 0 Å². The van der Waals surface area contributed by atoms with Gasteiger partial charge in [0.25, 0.3) is 0 Å². The number of piperazine rings is 1. The Morgan fingerprint density at radius 2 is 1.74 bits per heavy atom. The van der Waals surface area contributed by atoms with Crippen LogP contribution in [0.3, 0.4) is 0 Å². The van der Waals surface area contributed by atoms with Crippen molar-refractivity contribution >= 4 is 11.6 Å². The zero-order valence-electron chi connectivity index (χ0n) is 24.7. The lowest BCUT2D eigenvalue weighted by Gasteiger charge is -2.34. The first-order valence-electron chi connectivity index (χ1n) is 14.8. The molecule has 2 saturated heterocycles. The molecule has 0 radical (unpaired) electrons. The van der Waals surface area contributed by atoms with Gasteiger partial charge >= 0.3 is 0 Å². The van der Waals surface area contributed by atoms with Crippen LogP contribution in [0.4, 0.5) is 5.69 Å². The van der Waals surface area contributed by atoms with Gasteiger partial charge in [-0.2, -0.15) is 0 Å². The van der Waals surface area contributed by atoms with Crippen molar-refractivity contribution in [2.75, 3.05) is 44.6 Å². The van der Waals surface area contributed by atoms with E-state index in [1.54, 1.807) is 6.92 Å². The van der Waals surface area contributed by atoms with Gasteiger partial charge in [-0.25, -0.2) is 0 Å². The maximum atomic E-state index is 11.6. The summed E-state index contributed by atoms with van der Waals surface area (Å²) >= 11 is 0. The number of likely N-dealkylation sites (tertiary alicyclic amines) is 1. The Kier molecular flexibility index (Phi) is 9.54. The van der Waals surface area contributed by atoms with E-state index in [4.69, 9.17) is 0 Å². The summed E-state index contributed by atoms with van der Waals surface area (Å²) in [5.74, 6) is 0.713. The fourth-order valence-electron chi connectivity index (χ4n) is 6.00. The third-order valence-electron chi connectivity index (χ3n) is 8.91. The number of benzene rings is 2. The van der Waals surface area contributed by atoms with Crippen molar-refractivity contribution in [2.24, 2.45) is 0 Å². The SMILES string of the molecule is CC(=O)N1CCN(Cc2cccc(C(C)(C)CCC(C)c3cccc(NC4CCN(C(C)C)C4)c3)c2)CC1. The molecule has 2 aliphatic heterocycles. The van der Waals surface area contributed by atoms with Crippen molar-refractivity contribution in [3.63, 3.8) is 0 Å². The standard InChI is InChI=1S/C33H50N4O/c1-25(2)37-16-14-32(24-37)34-31-12-8-10-29(22-31)26(3)13-15-33(5,6)30-11-7-9-28(21-30)23-35-17-19-36(20-18-35)27(4)38/h7-12,21-22,25-26,32,34H,13-20,23-24H2,1-6H3. The topological polar surface area (TPSA) is 38.8 Å². The quantitative estimate of drug-likeness (QED) is 0.412. The average Bonchev–Trinajstić information content (AvgIpc) is 3.37. The molecule has 1 N–H and O–H groups in total. The first-order chi connectivity index (χ1) is 18.1. The number of amides is 1. The van der Waals surface area contributed by atoms with Crippen LogP contribution < -0.4 is 5.32 Å². The zero-order valence-corrected chi connectivity index (χ0v) is 24.7. The van der Waals surface area contributed by atoms with Crippen LogP contribution in [0.1, 0.15) is 83.4 Å². The summed E-state index contributed by atoms with van der Waals surface area (Å²) in [6, 6.07) is 19.5. The van der Waals surface area contributed by atoms with E-state index in [-0.39, 0.29) is 11.3 Å². The Balaban J connectivity index is 1.31. The Bertz CT molecular complexity index is 1060. The van der Waals surface area contributed by atoms with Gasteiger partial charge in [-0.15, -0.1) is 0 Å². The number of carbonyl (C=O) groups excluding carboxylic acids is 1. The second-order valence-electron chi connectivity index (χ2n) is 12.7. The normalized spacial score (nSPS) is 20.2. The summed E-state index contributed by atoms with van der Waals surface area (Å²) in [7, 11) is 0. The van der Waals surface area contributed by atoms with Gasteiger partial charge in [-0.05, 0) is 73.3 Å². The monoisotopic (exact) mass is 518 g/mol. The molecule has 2 unspecified atom stereocenters. The van der Waals surface area contributed by atoms with Crippen LogP contribution in [0, 0.1) is 0 Å². The molecule has 38 heavy (non-hydrogen) atoms. The molecule has 5 heteroatoms. The molecule has 0 spiro atoms. The highest BCUT2D eigenvalue weighted by molar-refractivity contribution is 5.73. The smallest absolute Gasteiger partial charge is 0.219 e. The Morgan fingerprint density at radius 1 is 1.00 bits per heavy atom. The molecule has 4 rings (SSSR count). The van der Waals surface area contributed by atoms with Gasteiger partial charge in [-0.1, -0.05) is 57.2 Å². The summed E-state index contributed by atoms with van der Waals surface area (Å²) in [5.41, 5.74) is 5.62. The van der Waals surface area contributed by atoms with E-state index in [1.807, 2.05) is 4.90 Å². The van der Waals surface area contributed by atoms with Gasteiger partial charge in [0.2, 0.25) is 5.91 Å². The Morgan fingerprint density at radius 3 is 2.42 bits per heavy atom. The summed E-state index contributed by atoms with van der Waals surface area (Å²) < 4.78 is 0. The first kappa shape index (κ1) is 28.6. The molecule has 5 nitrogen and oxygen atoms in total. The average molecular weight is 519 g/mol. The van der Waals surface area contributed by atoms with Gasteiger partial charge in [0.1, 0.15) is 0 Å². The van der Waals surface area contributed by atoms with Crippen LogP contribution in [0.5, 0.6) is 0 Å². The number of nitrogens with one attached hydrogen (secondary N) is 1. The van der Waals surface area contributed by atoms with Crippen molar-refractivity contribution in [3.05, 3.63) is 65.2 Å². The second-order valence-corrected chi connectivity index (χ2v) is 12.7. The fraction of sp³-hybridized carbons (Fsp3) is 0.606. The molecule has 0 bridgehead atoms.